The number of hydrogen-bond donors (Lipinski definition) is 3. The van der Waals surface area contributed by atoms with E-state index in [1.807, 2.05) is 0 Å². The predicted octanol–water partition coefficient (Wildman–Crippen LogP) is 0.242. The Balaban J connectivity index is 0.00000225. The van der Waals surface area contributed by atoms with Crippen molar-refractivity contribution in [3.8, 4) is 0 Å². The normalized spacial score (nSPS) is 26.1. The highest BCUT2D eigenvalue weighted by Gasteiger charge is 2.27. The lowest BCUT2D eigenvalue weighted by molar-refractivity contribution is 0.238. The lowest BCUT2D eigenvalue weighted by Crippen LogP contribution is -2.48. The SMILES string of the molecule is CCNS(=O)(=O)NCC1(C)CCCNC1.Cl. The molecule has 0 aromatic heterocycles. The summed E-state index contributed by atoms with van der Waals surface area (Å²) >= 11 is 0. The molecule has 1 unspecified atom stereocenters. The maximum absolute atomic E-state index is 11.4. The number of piperidine rings is 1. The van der Waals surface area contributed by atoms with Crippen molar-refractivity contribution < 1.29 is 8.42 Å². The maximum atomic E-state index is 11.4. The van der Waals surface area contributed by atoms with Crippen molar-refractivity contribution in [3.05, 3.63) is 0 Å². The fraction of sp³-hybridized carbons (Fsp3) is 1.00. The van der Waals surface area contributed by atoms with E-state index in [1.54, 1.807) is 6.92 Å². The van der Waals surface area contributed by atoms with E-state index >= 15 is 0 Å². The van der Waals surface area contributed by atoms with Crippen LogP contribution in [0.25, 0.3) is 0 Å². The molecule has 0 aromatic rings. The second-order valence-electron chi connectivity index (χ2n) is 4.41. The van der Waals surface area contributed by atoms with Crippen molar-refractivity contribution in [1.82, 2.24) is 14.8 Å². The average molecular weight is 272 g/mol. The second kappa shape index (κ2) is 6.76. The summed E-state index contributed by atoms with van der Waals surface area (Å²) in [6.45, 7) is 6.70. The zero-order valence-corrected chi connectivity index (χ0v) is 11.5. The molecule has 0 aromatic carbocycles. The number of halogens is 1. The Morgan fingerprint density at radius 2 is 2.06 bits per heavy atom. The summed E-state index contributed by atoms with van der Waals surface area (Å²) in [5.74, 6) is 0. The van der Waals surface area contributed by atoms with Crippen LogP contribution < -0.4 is 14.8 Å². The largest absolute Gasteiger partial charge is 0.316 e. The van der Waals surface area contributed by atoms with Gasteiger partial charge in [-0.05, 0) is 24.8 Å². The van der Waals surface area contributed by atoms with Crippen molar-refractivity contribution in [1.29, 1.82) is 0 Å². The summed E-state index contributed by atoms with van der Waals surface area (Å²) in [4.78, 5) is 0. The minimum Gasteiger partial charge on any atom is -0.316 e. The molecule has 1 fully saturated rings. The third-order valence-electron chi connectivity index (χ3n) is 2.71. The topological polar surface area (TPSA) is 70.2 Å². The van der Waals surface area contributed by atoms with Crippen LogP contribution in [-0.4, -0.2) is 34.6 Å². The first kappa shape index (κ1) is 16.1. The van der Waals surface area contributed by atoms with E-state index in [9.17, 15) is 8.42 Å². The molecule has 0 radical (unpaired) electrons. The molecule has 1 rings (SSSR count). The third kappa shape index (κ3) is 5.45. The number of hydrogen-bond acceptors (Lipinski definition) is 3. The van der Waals surface area contributed by atoms with Gasteiger partial charge in [-0.25, -0.2) is 9.44 Å². The van der Waals surface area contributed by atoms with Crippen LogP contribution in [0.5, 0.6) is 0 Å². The first-order valence-corrected chi connectivity index (χ1v) is 6.91. The van der Waals surface area contributed by atoms with Gasteiger partial charge in [0.05, 0.1) is 0 Å². The Kier molecular flexibility index (Phi) is 6.81. The van der Waals surface area contributed by atoms with E-state index in [4.69, 9.17) is 0 Å². The van der Waals surface area contributed by atoms with Crippen LogP contribution in [0.15, 0.2) is 0 Å². The summed E-state index contributed by atoms with van der Waals surface area (Å²) in [6.07, 6.45) is 2.17. The number of rotatable bonds is 5. The zero-order valence-electron chi connectivity index (χ0n) is 9.88. The molecular weight excluding hydrogens is 250 g/mol. The fourth-order valence-electron chi connectivity index (χ4n) is 1.78. The average Bonchev–Trinajstić information content (AvgIpc) is 2.17. The predicted molar refractivity (Wildman–Crippen MR) is 68.1 cm³/mol. The van der Waals surface area contributed by atoms with Gasteiger partial charge < -0.3 is 5.32 Å². The molecule has 7 heteroatoms. The monoisotopic (exact) mass is 271 g/mol. The second-order valence-corrected chi connectivity index (χ2v) is 6.00. The van der Waals surface area contributed by atoms with Crippen LogP contribution in [0.3, 0.4) is 0 Å². The van der Waals surface area contributed by atoms with E-state index in [2.05, 4.69) is 21.7 Å². The molecule has 0 amide bonds. The lowest BCUT2D eigenvalue weighted by atomic mass is 9.83. The molecule has 0 spiro atoms. The van der Waals surface area contributed by atoms with Gasteiger partial charge in [0.2, 0.25) is 0 Å². The summed E-state index contributed by atoms with van der Waals surface area (Å²) in [6, 6.07) is 0. The Hall–Kier alpha value is 0.120. The first-order chi connectivity index (χ1) is 6.97. The van der Waals surface area contributed by atoms with Gasteiger partial charge in [0.15, 0.2) is 0 Å². The van der Waals surface area contributed by atoms with Crippen LogP contribution in [-0.2, 0) is 10.2 Å². The summed E-state index contributed by atoms with van der Waals surface area (Å²) in [5, 5.41) is 3.29. The van der Waals surface area contributed by atoms with Crippen molar-refractivity contribution in [2.75, 3.05) is 26.2 Å². The molecule has 16 heavy (non-hydrogen) atoms. The molecule has 1 saturated heterocycles. The van der Waals surface area contributed by atoms with Gasteiger partial charge >= 0.3 is 0 Å². The van der Waals surface area contributed by atoms with E-state index in [-0.39, 0.29) is 17.8 Å². The molecular formula is C9H22ClN3O2S. The Labute approximate surface area is 104 Å². The van der Waals surface area contributed by atoms with Crippen LogP contribution in [0.1, 0.15) is 26.7 Å². The summed E-state index contributed by atoms with van der Waals surface area (Å²) in [5.41, 5.74) is 0.0424. The van der Waals surface area contributed by atoms with Gasteiger partial charge in [-0.1, -0.05) is 13.8 Å². The van der Waals surface area contributed by atoms with Gasteiger partial charge in [0.25, 0.3) is 10.2 Å². The molecule has 0 saturated carbocycles. The van der Waals surface area contributed by atoms with Gasteiger partial charge in [-0.15, -0.1) is 12.4 Å². The van der Waals surface area contributed by atoms with Gasteiger partial charge in [0, 0.05) is 19.6 Å². The highest BCUT2D eigenvalue weighted by Crippen LogP contribution is 2.24. The van der Waals surface area contributed by atoms with Gasteiger partial charge in [0.1, 0.15) is 0 Å². The van der Waals surface area contributed by atoms with E-state index in [1.165, 1.54) is 0 Å². The minimum atomic E-state index is -3.30. The van der Waals surface area contributed by atoms with E-state index in [0.29, 0.717) is 13.1 Å². The minimum absolute atomic E-state index is 0. The van der Waals surface area contributed by atoms with Crippen LogP contribution >= 0.6 is 12.4 Å². The Bertz CT molecular complexity index is 289. The molecule has 0 aliphatic carbocycles. The lowest BCUT2D eigenvalue weighted by Gasteiger charge is -2.34. The quantitative estimate of drug-likeness (QED) is 0.671. The smallest absolute Gasteiger partial charge is 0.276 e. The molecule has 1 aliphatic rings. The highest BCUT2D eigenvalue weighted by atomic mass is 35.5. The summed E-state index contributed by atoms with van der Waals surface area (Å²) < 4.78 is 27.8. The highest BCUT2D eigenvalue weighted by molar-refractivity contribution is 7.87. The van der Waals surface area contributed by atoms with E-state index in [0.717, 1.165) is 25.9 Å². The Morgan fingerprint density at radius 3 is 2.56 bits per heavy atom. The van der Waals surface area contributed by atoms with Crippen LogP contribution in [0.2, 0.25) is 0 Å². The Morgan fingerprint density at radius 1 is 1.38 bits per heavy atom. The zero-order chi connectivity index (χ0) is 11.4. The van der Waals surface area contributed by atoms with Crippen LogP contribution in [0, 0.1) is 5.41 Å². The molecule has 98 valence electrons. The van der Waals surface area contributed by atoms with Crippen molar-refractivity contribution in [3.63, 3.8) is 0 Å². The molecule has 1 atom stereocenters. The molecule has 3 N–H and O–H groups in total. The van der Waals surface area contributed by atoms with Crippen molar-refractivity contribution in [2.45, 2.75) is 26.7 Å². The third-order valence-corrected chi connectivity index (χ3v) is 3.90. The van der Waals surface area contributed by atoms with Crippen molar-refractivity contribution in [2.24, 2.45) is 5.41 Å². The van der Waals surface area contributed by atoms with E-state index < -0.39 is 10.2 Å². The van der Waals surface area contributed by atoms with Gasteiger partial charge in [-0.2, -0.15) is 8.42 Å². The molecule has 0 bridgehead atoms. The van der Waals surface area contributed by atoms with Crippen molar-refractivity contribution >= 4 is 22.6 Å². The number of nitrogens with one attached hydrogen (secondary N) is 3. The standard InChI is InChI=1S/C9H21N3O2S.ClH/c1-3-11-15(13,14)12-8-9(2)5-4-6-10-7-9;/h10-12H,3-8H2,1-2H3;1H. The van der Waals surface area contributed by atoms with Gasteiger partial charge in [-0.3, -0.25) is 0 Å². The maximum Gasteiger partial charge on any atom is 0.276 e. The molecule has 1 heterocycles. The van der Waals surface area contributed by atoms with Crippen LogP contribution in [0.4, 0.5) is 0 Å². The summed E-state index contributed by atoms with van der Waals surface area (Å²) in [7, 11) is -3.30. The molecule has 5 nitrogen and oxygen atoms in total. The molecule has 1 aliphatic heterocycles. The fourth-order valence-corrected chi connectivity index (χ4v) is 2.80. The first-order valence-electron chi connectivity index (χ1n) is 5.42.